The number of hydrogen-bond acceptors (Lipinski definition) is 4. The Hall–Kier alpha value is -1.07. The van der Waals surface area contributed by atoms with Crippen LogP contribution in [0.1, 0.15) is 32.6 Å². The van der Waals surface area contributed by atoms with Crippen molar-refractivity contribution in [2.45, 2.75) is 38.1 Å². The maximum Gasteiger partial charge on any atom is 0.285 e. The minimum absolute atomic E-state index is 0.0306. The largest absolute Gasteiger partial charge is 0.394 e. The van der Waals surface area contributed by atoms with Crippen molar-refractivity contribution >= 4 is 17.3 Å². The molecule has 1 aromatic heterocycles. The first-order valence-electron chi connectivity index (χ1n) is 6.18. The third-order valence-corrected chi connectivity index (χ3v) is 4.10. The second kappa shape index (κ2) is 5.28. The SMILES string of the molecule is CC1CCC(CO)(Nc2cn[nH]c(=O)c2Cl)CC1. The molecule has 6 heteroatoms. The van der Waals surface area contributed by atoms with Crippen molar-refractivity contribution in [1.82, 2.24) is 10.2 Å². The second-order valence-corrected chi connectivity index (χ2v) is 5.55. The molecule has 100 valence electrons. The summed E-state index contributed by atoms with van der Waals surface area (Å²) in [5.41, 5.74) is -0.311. The predicted octanol–water partition coefficient (Wildman–Crippen LogP) is 1.78. The molecule has 0 radical (unpaired) electrons. The van der Waals surface area contributed by atoms with Crippen LogP contribution in [0.5, 0.6) is 0 Å². The van der Waals surface area contributed by atoms with Gasteiger partial charge in [0.05, 0.1) is 24.0 Å². The summed E-state index contributed by atoms with van der Waals surface area (Å²) in [6.07, 6.45) is 5.34. The molecule has 0 spiro atoms. The maximum absolute atomic E-state index is 11.4. The smallest absolute Gasteiger partial charge is 0.285 e. The summed E-state index contributed by atoms with van der Waals surface area (Å²) in [6, 6.07) is 0. The molecule has 1 aliphatic carbocycles. The van der Waals surface area contributed by atoms with Crippen molar-refractivity contribution in [3.8, 4) is 0 Å². The van der Waals surface area contributed by atoms with Crippen LogP contribution in [-0.2, 0) is 0 Å². The Labute approximate surface area is 111 Å². The lowest BCUT2D eigenvalue weighted by Gasteiger charge is -2.39. The lowest BCUT2D eigenvalue weighted by Crippen LogP contribution is -2.45. The van der Waals surface area contributed by atoms with Crippen molar-refractivity contribution in [2.75, 3.05) is 11.9 Å². The van der Waals surface area contributed by atoms with Gasteiger partial charge in [-0.05, 0) is 31.6 Å². The summed E-state index contributed by atoms with van der Waals surface area (Å²) >= 11 is 5.93. The molecule has 1 aliphatic rings. The number of aliphatic hydroxyl groups is 1. The summed E-state index contributed by atoms with van der Waals surface area (Å²) in [4.78, 5) is 11.4. The van der Waals surface area contributed by atoms with Crippen LogP contribution in [0.2, 0.25) is 5.02 Å². The summed E-state index contributed by atoms with van der Waals surface area (Å²) < 4.78 is 0. The molecule has 0 aromatic carbocycles. The Balaban J connectivity index is 2.20. The van der Waals surface area contributed by atoms with E-state index in [1.54, 1.807) is 0 Å². The van der Waals surface area contributed by atoms with Crippen LogP contribution in [0, 0.1) is 5.92 Å². The number of nitrogens with one attached hydrogen (secondary N) is 2. The van der Waals surface area contributed by atoms with E-state index in [4.69, 9.17) is 11.6 Å². The van der Waals surface area contributed by atoms with E-state index in [9.17, 15) is 9.90 Å². The second-order valence-electron chi connectivity index (χ2n) is 5.17. The Morgan fingerprint density at radius 2 is 2.28 bits per heavy atom. The lowest BCUT2D eigenvalue weighted by atomic mass is 9.77. The van der Waals surface area contributed by atoms with Crippen molar-refractivity contribution < 1.29 is 5.11 Å². The molecule has 0 saturated heterocycles. The highest BCUT2D eigenvalue weighted by Gasteiger charge is 2.34. The third kappa shape index (κ3) is 2.67. The number of rotatable bonds is 3. The number of H-pyrrole nitrogens is 1. The molecule has 5 nitrogen and oxygen atoms in total. The van der Waals surface area contributed by atoms with Crippen molar-refractivity contribution in [2.24, 2.45) is 5.92 Å². The average molecular weight is 272 g/mol. The number of anilines is 1. The monoisotopic (exact) mass is 271 g/mol. The van der Waals surface area contributed by atoms with Gasteiger partial charge in [-0.15, -0.1) is 0 Å². The Morgan fingerprint density at radius 1 is 1.61 bits per heavy atom. The quantitative estimate of drug-likeness (QED) is 0.783. The minimum atomic E-state index is -0.418. The Bertz CT molecular complexity index is 467. The van der Waals surface area contributed by atoms with Gasteiger partial charge in [0.25, 0.3) is 5.56 Å². The summed E-state index contributed by atoms with van der Waals surface area (Å²) in [5.74, 6) is 0.680. The van der Waals surface area contributed by atoms with Crippen LogP contribution >= 0.6 is 11.6 Å². The highest BCUT2D eigenvalue weighted by Crippen LogP contribution is 2.35. The number of hydrogen-bond donors (Lipinski definition) is 3. The van der Waals surface area contributed by atoms with Crippen LogP contribution < -0.4 is 10.9 Å². The molecular formula is C12H18ClN3O2. The molecule has 1 aromatic rings. The molecule has 0 aliphatic heterocycles. The van der Waals surface area contributed by atoms with Gasteiger partial charge in [-0.2, -0.15) is 5.10 Å². The van der Waals surface area contributed by atoms with E-state index in [0.29, 0.717) is 11.6 Å². The fourth-order valence-electron chi connectivity index (χ4n) is 2.39. The summed E-state index contributed by atoms with van der Waals surface area (Å²) in [7, 11) is 0. The Kier molecular flexibility index (Phi) is 3.92. The van der Waals surface area contributed by atoms with E-state index < -0.39 is 5.56 Å². The number of aromatic nitrogens is 2. The first kappa shape index (κ1) is 13.4. The molecule has 1 heterocycles. The van der Waals surface area contributed by atoms with E-state index in [1.165, 1.54) is 6.20 Å². The van der Waals surface area contributed by atoms with Crippen molar-refractivity contribution in [3.05, 3.63) is 21.6 Å². The van der Waals surface area contributed by atoms with Gasteiger partial charge in [-0.1, -0.05) is 18.5 Å². The van der Waals surface area contributed by atoms with Gasteiger partial charge < -0.3 is 10.4 Å². The normalized spacial score (nSPS) is 28.1. The molecule has 0 atom stereocenters. The fraction of sp³-hybridized carbons (Fsp3) is 0.667. The summed E-state index contributed by atoms with van der Waals surface area (Å²) in [6.45, 7) is 2.24. The van der Waals surface area contributed by atoms with Crippen LogP contribution in [-0.4, -0.2) is 27.4 Å². The molecule has 2 rings (SSSR count). The van der Waals surface area contributed by atoms with Crippen LogP contribution in [0.25, 0.3) is 0 Å². The minimum Gasteiger partial charge on any atom is -0.394 e. The van der Waals surface area contributed by atoms with Gasteiger partial charge in [-0.25, -0.2) is 5.10 Å². The first-order valence-corrected chi connectivity index (χ1v) is 6.56. The molecule has 1 saturated carbocycles. The van der Waals surface area contributed by atoms with E-state index in [-0.39, 0.29) is 17.2 Å². The molecular weight excluding hydrogens is 254 g/mol. The highest BCUT2D eigenvalue weighted by atomic mass is 35.5. The fourth-order valence-corrected chi connectivity index (χ4v) is 2.53. The molecule has 0 bridgehead atoms. The first-order chi connectivity index (χ1) is 8.56. The number of aromatic amines is 1. The average Bonchev–Trinajstić information content (AvgIpc) is 2.38. The topological polar surface area (TPSA) is 78.0 Å². The van der Waals surface area contributed by atoms with E-state index in [0.717, 1.165) is 25.7 Å². The number of halogens is 1. The van der Waals surface area contributed by atoms with Crippen LogP contribution in [0.15, 0.2) is 11.0 Å². The van der Waals surface area contributed by atoms with Gasteiger partial charge in [0.15, 0.2) is 0 Å². The molecule has 18 heavy (non-hydrogen) atoms. The molecule has 1 fully saturated rings. The number of nitrogens with zero attached hydrogens (tertiary/aromatic N) is 1. The van der Waals surface area contributed by atoms with Gasteiger partial charge in [0.1, 0.15) is 5.02 Å². The van der Waals surface area contributed by atoms with Gasteiger partial charge in [0, 0.05) is 0 Å². The van der Waals surface area contributed by atoms with Crippen LogP contribution in [0.4, 0.5) is 5.69 Å². The standard InChI is InChI=1S/C12H18ClN3O2/c1-8-2-4-12(7-17,5-3-8)15-9-6-14-16-11(18)10(9)13/h6,8,17H,2-5,7H2,1H3,(H2,15,16,18). The van der Waals surface area contributed by atoms with E-state index in [2.05, 4.69) is 22.4 Å². The number of aliphatic hydroxyl groups excluding tert-OH is 1. The zero-order valence-electron chi connectivity index (χ0n) is 10.4. The van der Waals surface area contributed by atoms with Gasteiger partial charge >= 0.3 is 0 Å². The molecule has 0 unspecified atom stereocenters. The van der Waals surface area contributed by atoms with Crippen molar-refractivity contribution in [3.63, 3.8) is 0 Å². The molecule has 0 amide bonds. The third-order valence-electron chi connectivity index (χ3n) is 3.73. The Morgan fingerprint density at radius 3 is 2.89 bits per heavy atom. The maximum atomic E-state index is 11.4. The summed E-state index contributed by atoms with van der Waals surface area (Å²) in [5, 5.41) is 18.9. The molecule has 3 N–H and O–H groups in total. The van der Waals surface area contributed by atoms with E-state index >= 15 is 0 Å². The van der Waals surface area contributed by atoms with Crippen molar-refractivity contribution in [1.29, 1.82) is 0 Å². The van der Waals surface area contributed by atoms with Crippen LogP contribution in [0.3, 0.4) is 0 Å². The predicted molar refractivity (Wildman–Crippen MR) is 70.9 cm³/mol. The van der Waals surface area contributed by atoms with Gasteiger partial charge in [0.2, 0.25) is 0 Å². The zero-order valence-corrected chi connectivity index (χ0v) is 11.1. The van der Waals surface area contributed by atoms with E-state index in [1.807, 2.05) is 0 Å². The van der Waals surface area contributed by atoms with Gasteiger partial charge in [-0.3, -0.25) is 4.79 Å². The zero-order chi connectivity index (χ0) is 13.2. The highest BCUT2D eigenvalue weighted by molar-refractivity contribution is 6.32. The lowest BCUT2D eigenvalue weighted by molar-refractivity contribution is 0.155.